The molecule has 2 N–H and O–H groups in total. The summed E-state index contributed by atoms with van der Waals surface area (Å²) in [5, 5.41) is 12.8. The van der Waals surface area contributed by atoms with Crippen LogP contribution in [-0.2, 0) is 13.0 Å². The summed E-state index contributed by atoms with van der Waals surface area (Å²) in [5.74, 6) is -0.418. The molecule has 0 saturated carbocycles. The molecule has 4 nitrogen and oxygen atoms in total. The Morgan fingerprint density at radius 3 is 2.65 bits per heavy atom. The van der Waals surface area contributed by atoms with Crippen LogP contribution in [-0.4, -0.2) is 17.6 Å². The summed E-state index contributed by atoms with van der Waals surface area (Å²) in [4.78, 5) is 10.8. The van der Waals surface area contributed by atoms with Crippen molar-refractivity contribution < 1.29 is 14.3 Å². The van der Waals surface area contributed by atoms with Crippen LogP contribution >= 0.6 is 11.6 Å². The largest absolute Gasteiger partial charge is 0.475 e. The Morgan fingerprint density at radius 2 is 2.05 bits per heavy atom. The SMILES string of the molecule is Cc1oc(C(=O)O)cc1CNCCc1ccc(Cl)cc1. The van der Waals surface area contributed by atoms with Gasteiger partial charge < -0.3 is 14.8 Å². The van der Waals surface area contributed by atoms with Crippen LogP contribution in [0.3, 0.4) is 0 Å². The lowest BCUT2D eigenvalue weighted by Gasteiger charge is -2.04. The standard InChI is InChI=1S/C15H16ClNO3/c1-10-12(8-14(20-10)15(18)19)9-17-7-6-11-2-4-13(16)5-3-11/h2-5,8,17H,6-7,9H2,1H3,(H,18,19). The maximum atomic E-state index is 10.8. The van der Waals surface area contributed by atoms with E-state index < -0.39 is 5.97 Å². The van der Waals surface area contributed by atoms with Gasteiger partial charge >= 0.3 is 5.97 Å². The minimum atomic E-state index is -1.04. The fraction of sp³-hybridized carbons (Fsp3) is 0.267. The molecular formula is C15H16ClNO3. The van der Waals surface area contributed by atoms with Crippen LogP contribution in [0.2, 0.25) is 5.02 Å². The monoisotopic (exact) mass is 293 g/mol. The number of benzene rings is 1. The van der Waals surface area contributed by atoms with Crippen LogP contribution in [0.1, 0.15) is 27.4 Å². The van der Waals surface area contributed by atoms with Gasteiger partial charge in [0.1, 0.15) is 5.76 Å². The van der Waals surface area contributed by atoms with Gasteiger partial charge in [0, 0.05) is 17.1 Å². The van der Waals surface area contributed by atoms with Crippen LogP contribution in [0.15, 0.2) is 34.7 Å². The van der Waals surface area contributed by atoms with Crippen molar-refractivity contribution >= 4 is 17.6 Å². The van der Waals surface area contributed by atoms with Gasteiger partial charge in [0.15, 0.2) is 0 Å². The number of aromatic carboxylic acids is 1. The Hall–Kier alpha value is -1.78. The van der Waals surface area contributed by atoms with Gasteiger partial charge in [-0.2, -0.15) is 0 Å². The van der Waals surface area contributed by atoms with Gasteiger partial charge in [-0.1, -0.05) is 23.7 Å². The third kappa shape index (κ3) is 3.85. The summed E-state index contributed by atoms with van der Waals surface area (Å²) in [6.45, 7) is 3.16. The fourth-order valence-corrected chi connectivity index (χ4v) is 2.03. The average molecular weight is 294 g/mol. The van der Waals surface area contributed by atoms with Crippen LogP contribution in [0, 0.1) is 6.92 Å². The second-order valence-electron chi connectivity index (χ2n) is 4.55. The number of carboxylic acids is 1. The number of carboxylic acid groups (broad SMARTS) is 1. The van der Waals surface area contributed by atoms with Gasteiger partial charge in [-0.25, -0.2) is 4.79 Å². The smallest absolute Gasteiger partial charge is 0.371 e. The minimum Gasteiger partial charge on any atom is -0.475 e. The zero-order valence-corrected chi connectivity index (χ0v) is 11.9. The molecule has 0 atom stereocenters. The van der Waals surface area contributed by atoms with E-state index in [4.69, 9.17) is 21.1 Å². The topological polar surface area (TPSA) is 62.5 Å². The second kappa shape index (κ2) is 6.59. The molecule has 0 aliphatic carbocycles. The zero-order valence-electron chi connectivity index (χ0n) is 11.1. The van der Waals surface area contributed by atoms with E-state index in [1.807, 2.05) is 24.3 Å². The molecule has 1 aromatic carbocycles. The summed E-state index contributed by atoms with van der Waals surface area (Å²) in [6, 6.07) is 9.30. The number of hydrogen-bond donors (Lipinski definition) is 2. The van der Waals surface area contributed by atoms with Crippen molar-refractivity contribution in [1.29, 1.82) is 0 Å². The normalized spacial score (nSPS) is 10.7. The molecule has 0 aliphatic rings. The molecule has 0 fully saturated rings. The van der Waals surface area contributed by atoms with Gasteiger partial charge in [-0.15, -0.1) is 0 Å². The summed E-state index contributed by atoms with van der Waals surface area (Å²) >= 11 is 5.82. The Bertz CT molecular complexity index is 590. The Morgan fingerprint density at radius 1 is 1.35 bits per heavy atom. The highest BCUT2D eigenvalue weighted by Crippen LogP contribution is 2.14. The highest BCUT2D eigenvalue weighted by atomic mass is 35.5. The van der Waals surface area contributed by atoms with Crippen LogP contribution in [0.5, 0.6) is 0 Å². The van der Waals surface area contributed by atoms with Crippen LogP contribution in [0.4, 0.5) is 0 Å². The lowest BCUT2D eigenvalue weighted by molar-refractivity contribution is 0.0661. The van der Waals surface area contributed by atoms with E-state index in [0.717, 1.165) is 23.6 Å². The molecule has 20 heavy (non-hydrogen) atoms. The molecule has 2 rings (SSSR count). The molecule has 1 aromatic heterocycles. The van der Waals surface area contributed by atoms with E-state index in [1.165, 1.54) is 5.56 Å². The number of aryl methyl sites for hydroxylation is 1. The van der Waals surface area contributed by atoms with E-state index in [9.17, 15) is 4.79 Å². The Labute approximate surface area is 122 Å². The van der Waals surface area contributed by atoms with Crippen molar-refractivity contribution in [3.05, 3.63) is 58.0 Å². The van der Waals surface area contributed by atoms with Gasteiger partial charge in [0.25, 0.3) is 0 Å². The zero-order chi connectivity index (χ0) is 14.5. The van der Waals surface area contributed by atoms with Crippen LogP contribution < -0.4 is 5.32 Å². The Kier molecular flexibility index (Phi) is 4.82. The number of carbonyl (C=O) groups is 1. The number of nitrogens with one attached hydrogen (secondary N) is 1. The average Bonchev–Trinajstić information content (AvgIpc) is 2.79. The predicted octanol–water partition coefficient (Wildman–Crippen LogP) is 3.27. The molecule has 1 heterocycles. The quantitative estimate of drug-likeness (QED) is 0.802. The number of halogens is 1. The molecule has 0 amide bonds. The lowest BCUT2D eigenvalue weighted by atomic mass is 10.1. The first kappa shape index (κ1) is 14.6. The third-order valence-corrected chi connectivity index (χ3v) is 3.30. The molecular weight excluding hydrogens is 278 g/mol. The molecule has 5 heteroatoms. The molecule has 106 valence electrons. The molecule has 0 aliphatic heterocycles. The van der Waals surface area contributed by atoms with Crippen LogP contribution in [0.25, 0.3) is 0 Å². The first-order valence-electron chi connectivity index (χ1n) is 6.34. The van der Waals surface area contributed by atoms with Crippen molar-refractivity contribution in [2.24, 2.45) is 0 Å². The van der Waals surface area contributed by atoms with E-state index >= 15 is 0 Å². The summed E-state index contributed by atoms with van der Waals surface area (Å²) in [5.41, 5.74) is 2.08. The highest BCUT2D eigenvalue weighted by molar-refractivity contribution is 6.30. The van der Waals surface area contributed by atoms with Crippen molar-refractivity contribution in [3.63, 3.8) is 0 Å². The van der Waals surface area contributed by atoms with Gasteiger partial charge in [0.2, 0.25) is 5.76 Å². The van der Waals surface area contributed by atoms with Crippen molar-refractivity contribution in [2.45, 2.75) is 19.9 Å². The molecule has 2 aromatic rings. The highest BCUT2D eigenvalue weighted by Gasteiger charge is 2.12. The Balaban J connectivity index is 1.81. The van der Waals surface area contributed by atoms with E-state index in [0.29, 0.717) is 12.3 Å². The summed E-state index contributed by atoms with van der Waals surface area (Å²) in [6.07, 6.45) is 0.889. The second-order valence-corrected chi connectivity index (χ2v) is 4.99. The third-order valence-electron chi connectivity index (χ3n) is 3.05. The summed E-state index contributed by atoms with van der Waals surface area (Å²) in [7, 11) is 0. The van der Waals surface area contributed by atoms with Crippen molar-refractivity contribution in [2.75, 3.05) is 6.54 Å². The molecule has 0 saturated heterocycles. The van der Waals surface area contributed by atoms with Crippen molar-refractivity contribution in [3.8, 4) is 0 Å². The van der Waals surface area contributed by atoms with E-state index in [2.05, 4.69) is 5.32 Å². The lowest BCUT2D eigenvalue weighted by Crippen LogP contribution is -2.16. The molecule has 0 bridgehead atoms. The number of furan rings is 1. The molecule has 0 unspecified atom stereocenters. The fourth-order valence-electron chi connectivity index (χ4n) is 1.91. The first-order chi connectivity index (χ1) is 9.56. The van der Waals surface area contributed by atoms with Gasteiger partial charge in [0.05, 0.1) is 0 Å². The number of rotatable bonds is 6. The van der Waals surface area contributed by atoms with Crippen molar-refractivity contribution in [1.82, 2.24) is 5.32 Å². The molecule has 0 spiro atoms. The summed E-state index contributed by atoms with van der Waals surface area (Å²) < 4.78 is 5.15. The predicted molar refractivity (Wildman–Crippen MR) is 77.3 cm³/mol. The maximum Gasteiger partial charge on any atom is 0.371 e. The first-order valence-corrected chi connectivity index (χ1v) is 6.72. The van der Waals surface area contributed by atoms with E-state index in [1.54, 1.807) is 13.0 Å². The van der Waals surface area contributed by atoms with E-state index in [-0.39, 0.29) is 5.76 Å². The minimum absolute atomic E-state index is 0.0167. The van der Waals surface area contributed by atoms with Gasteiger partial charge in [-0.3, -0.25) is 0 Å². The van der Waals surface area contributed by atoms with Gasteiger partial charge in [-0.05, 0) is 43.7 Å². The maximum absolute atomic E-state index is 10.8. The molecule has 0 radical (unpaired) electrons. The number of hydrogen-bond acceptors (Lipinski definition) is 3.